The number of rotatable bonds is 3. The number of aliphatic hydroxyl groups is 1. The van der Waals surface area contributed by atoms with Crippen LogP contribution < -0.4 is 0 Å². The summed E-state index contributed by atoms with van der Waals surface area (Å²) in [7, 11) is 0. The van der Waals surface area contributed by atoms with Crippen LogP contribution in [0.5, 0.6) is 0 Å². The number of aliphatic hydroxyl groups excluding tert-OH is 1. The molecule has 1 N–H and O–H groups in total. The summed E-state index contributed by atoms with van der Waals surface area (Å²) in [5.41, 5.74) is 0.639. The molecular weight excluding hydrogens is 232 g/mol. The quantitative estimate of drug-likeness (QED) is 0.888. The first-order chi connectivity index (χ1) is 8.49. The molecule has 0 saturated carbocycles. The van der Waals surface area contributed by atoms with Crippen LogP contribution in [0.4, 0.5) is 0 Å². The number of likely N-dealkylation sites (tertiary alicyclic amines) is 1. The van der Waals surface area contributed by atoms with Crippen molar-refractivity contribution < 1.29 is 14.3 Å². The van der Waals surface area contributed by atoms with Crippen LogP contribution in [-0.4, -0.2) is 39.6 Å². The van der Waals surface area contributed by atoms with E-state index in [1.54, 1.807) is 25.7 Å². The second-order valence-electron chi connectivity index (χ2n) is 5.03. The zero-order valence-electron chi connectivity index (χ0n) is 11.1. The molecule has 0 bridgehead atoms. The van der Waals surface area contributed by atoms with Gasteiger partial charge in [-0.1, -0.05) is 0 Å². The molecule has 100 valence electrons. The van der Waals surface area contributed by atoms with E-state index < -0.39 is 0 Å². The highest BCUT2D eigenvalue weighted by atomic mass is 16.4. The molecular formula is C13H20N2O3. The molecule has 1 saturated heterocycles. The minimum absolute atomic E-state index is 0.101. The lowest BCUT2D eigenvalue weighted by Gasteiger charge is -2.24. The molecule has 1 aromatic rings. The van der Waals surface area contributed by atoms with Crippen molar-refractivity contribution in [3.8, 4) is 0 Å². The lowest BCUT2D eigenvalue weighted by Crippen LogP contribution is -2.37. The van der Waals surface area contributed by atoms with Crippen LogP contribution in [0.2, 0.25) is 0 Å². The van der Waals surface area contributed by atoms with Gasteiger partial charge in [0.2, 0.25) is 5.76 Å². The zero-order valence-corrected chi connectivity index (χ0v) is 11.1. The van der Waals surface area contributed by atoms with Crippen LogP contribution in [0.15, 0.2) is 4.42 Å². The van der Waals surface area contributed by atoms with E-state index in [1.807, 2.05) is 0 Å². The van der Waals surface area contributed by atoms with Crippen LogP contribution in [0.3, 0.4) is 0 Å². The van der Waals surface area contributed by atoms with E-state index in [2.05, 4.69) is 4.98 Å². The van der Waals surface area contributed by atoms with E-state index in [1.165, 1.54) is 0 Å². The monoisotopic (exact) mass is 252 g/mol. The number of amides is 1. The van der Waals surface area contributed by atoms with Crippen molar-refractivity contribution in [1.29, 1.82) is 0 Å². The minimum Gasteiger partial charge on any atom is -0.436 e. The summed E-state index contributed by atoms with van der Waals surface area (Å²) < 4.78 is 5.38. The van der Waals surface area contributed by atoms with Crippen molar-refractivity contribution >= 4 is 5.91 Å². The van der Waals surface area contributed by atoms with Crippen molar-refractivity contribution in [1.82, 2.24) is 9.88 Å². The van der Waals surface area contributed by atoms with Gasteiger partial charge in [-0.2, -0.15) is 0 Å². The van der Waals surface area contributed by atoms with E-state index >= 15 is 0 Å². The highest BCUT2D eigenvalue weighted by Gasteiger charge is 2.32. The minimum atomic E-state index is -0.388. The summed E-state index contributed by atoms with van der Waals surface area (Å²) in [6.07, 6.45) is 2.16. The number of carbonyl (C=O) groups is 1. The summed E-state index contributed by atoms with van der Waals surface area (Å²) in [6, 6.07) is 0.113. The second-order valence-corrected chi connectivity index (χ2v) is 5.03. The number of hydrogen-bond acceptors (Lipinski definition) is 4. The molecule has 2 rings (SSSR count). The van der Waals surface area contributed by atoms with Crippen LogP contribution in [0.1, 0.15) is 48.3 Å². The fourth-order valence-electron chi connectivity index (χ4n) is 2.60. The van der Waals surface area contributed by atoms with Gasteiger partial charge in [0.1, 0.15) is 0 Å². The molecule has 1 aliphatic rings. The third-order valence-corrected chi connectivity index (χ3v) is 3.35. The summed E-state index contributed by atoms with van der Waals surface area (Å²) in [5.74, 6) is 0.753. The Hall–Kier alpha value is -1.36. The summed E-state index contributed by atoms with van der Waals surface area (Å²) >= 11 is 0. The summed E-state index contributed by atoms with van der Waals surface area (Å²) in [6.45, 7) is 6.00. The third-order valence-electron chi connectivity index (χ3n) is 3.35. The Kier molecular flexibility index (Phi) is 3.71. The standard InChI is InChI=1S/C13H20N2O3/c1-8(16)7-11-5-4-6-15(11)13(17)12-9(2)14-10(3)18-12/h8,11,16H,4-7H2,1-3H3. The Morgan fingerprint density at radius 2 is 2.33 bits per heavy atom. The molecule has 0 spiro atoms. The first-order valence-electron chi connectivity index (χ1n) is 6.42. The van der Waals surface area contributed by atoms with E-state index in [4.69, 9.17) is 4.42 Å². The second kappa shape index (κ2) is 5.10. The first kappa shape index (κ1) is 13.1. The Bertz CT molecular complexity index is 439. The van der Waals surface area contributed by atoms with Gasteiger partial charge in [-0.3, -0.25) is 4.79 Å². The maximum Gasteiger partial charge on any atom is 0.291 e. The smallest absolute Gasteiger partial charge is 0.291 e. The fraction of sp³-hybridized carbons (Fsp3) is 0.692. The van der Waals surface area contributed by atoms with Gasteiger partial charge in [0, 0.05) is 19.5 Å². The highest BCUT2D eigenvalue weighted by Crippen LogP contribution is 2.24. The topological polar surface area (TPSA) is 66.6 Å². The Morgan fingerprint density at radius 1 is 1.61 bits per heavy atom. The molecule has 0 aromatic carbocycles. The molecule has 2 heterocycles. The zero-order chi connectivity index (χ0) is 13.3. The maximum absolute atomic E-state index is 12.4. The van der Waals surface area contributed by atoms with Crippen LogP contribution in [0, 0.1) is 13.8 Å². The number of nitrogens with zero attached hydrogens (tertiary/aromatic N) is 2. The van der Waals surface area contributed by atoms with Crippen LogP contribution in [-0.2, 0) is 0 Å². The molecule has 2 unspecified atom stereocenters. The normalized spacial score (nSPS) is 21.3. The van der Waals surface area contributed by atoms with Gasteiger partial charge in [-0.05, 0) is 33.1 Å². The summed E-state index contributed by atoms with van der Waals surface area (Å²) in [4.78, 5) is 18.3. The van der Waals surface area contributed by atoms with Gasteiger partial charge in [0.05, 0.1) is 11.8 Å². The molecule has 0 aliphatic carbocycles. The Balaban J connectivity index is 2.15. The SMILES string of the molecule is Cc1nc(C)c(C(=O)N2CCCC2CC(C)O)o1. The maximum atomic E-state index is 12.4. The molecule has 5 nitrogen and oxygen atoms in total. The van der Waals surface area contributed by atoms with Gasteiger partial charge in [0.25, 0.3) is 5.91 Å². The van der Waals surface area contributed by atoms with Gasteiger partial charge in [-0.15, -0.1) is 0 Å². The number of carbonyl (C=O) groups excluding carboxylic acids is 1. The van der Waals surface area contributed by atoms with E-state index in [0.717, 1.165) is 19.4 Å². The van der Waals surface area contributed by atoms with E-state index in [0.29, 0.717) is 23.8 Å². The van der Waals surface area contributed by atoms with Crippen molar-refractivity contribution in [2.45, 2.75) is 52.2 Å². The van der Waals surface area contributed by atoms with Crippen molar-refractivity contribution in [3.05, 3.63) is 17.3 Å². The van der Waals surface area contributed by atoms with Gasteiger partial charge < -0.3 is 14.4 Å². The average Bonchev–Trinajstić information content (AvgIpc) is 2.83. The molecule has 1 fully saturated rings. The fourth-order valence-corrected chi connectivity index (χ4v) is 2.60. The number of aryl methyl sites for hydroxylation is 2. The summed E-state index contributed by atoms with van der Waals surface area (Å²) in [5, 5.41) is 9.47. The highest BCUT2D eigenvalue weighted by molar-refractivity contribution is 5.92. The Labute approximate surface area is 107 Å². The van der Waals surface area contributed by atoms with Gasteiger partial charge in [0.15, 0.2) is 5.89 Å². The number of hydrogen-bond donors (Lipinski definition) is 1. The molecule has 0 radical (unpaired) electrons. The number of aromatic nitrogens is 1. The molecule has 1 aromatic heterocycles. The van der Waals surface area contributed by atoms with Crippen LogP contribution in [0.25, 0.3) is 0 Å². The van der Waals surface area contributed by atoms with Crippen molar-refractivity contribution in [2.24, 2.45) is 0 Å². The van der Waals surface area contributed by atoms with E-state index in [9.17, 15) is 9.90 Å². The molecule has 5 heteroatoms. The molecule has 18 heavy (non-hydrogen) atoms. The Morgan fingerprint density at radius 3 is 2.89 bits per heavy atom. The largest absolute Gasteiger partial charge is 0.436 e. The third kappa shape index (κ3) is 2.56. The van der Waals surface area contributed by atoms with Gasteiger partial charge >= 0.3 is 0 Å². The predicted octanol–water partition coefficient (Wildman–Crippen LogP) is 1.67. The lowest BCUT2D eigenvalue weighted by molar-refractivity contribution is 0.0648. The molecule has 2 atom stereocenters. The predicted molar refractivity (Wildman–Crippen MR) is 66.3 cm³/mol. The van der Waals surface area contributed by atoms with Crippen molar-refractivity contribution in [3.63, 3.8) is 0 Å². The average molecular weight is 252 g/mol. The van der Waals surface area contributed by atoms with Gasteiger partial charge in [-0.25, -0.2) is 4.98 Å². The molecule has 1 amide bonds. The van der Waals surface area contributed by atoms with Crippen molar-refractivity contribution in [2.75, 3.05) is 6.54 Å². The van der Waals surface area contributed by atoms with E-state index in [-0.39, 0.29) is 18.1 Å². The number of oxazole rings is 1. The molecule has 1 aliphatic heterocycles. The first-order valence-corrected chi connectivity index (χ1v) is 6.42. The lowest BCUT2D eigenvalue weighted by atomic mass is 10.1. The van der Waals surface area contributed by atoms with Crippen LogP contribution >= 0.6 is 0 Å².